The lowest BCUT2D eigenvalue weighted by atomic mass is 9.80. The molecule has 0 saturated heterocycles. The molecule has 1 rings (SSSR count). The van der Waals surface area contributed by atoms with E-state index < -0.39 is 5.54 Å². The van der Waals surface area contributed by atoms with Crippen molar-refractivity contribution in [1.82, 2.24) is 0 Å². The van der Waals surface area contributed by atoms with Crippen molar-refractivity contribution in [3.05, 3.63) is 35.9 Å². The third-order valence-electron chi connectivity index (χ3n) is 1.67. The minimum absolute atomic E-state index is 0.602. The summed E-state index contributed by atoms with van der Waals surface area (Å²) < 4.78 is 0. The van der Waals surface area contributed by atoms with Gasteiger partial charge in [0.25, 0.3) is 0 Å². The van der Waals surface area contributed by atoms with Crippen molar-refractivity contribution in [1.29, 1.82) is 5.26 Å². The molecule has 0 amide bonds. The van der Waals surface area contributed by atoms with Crippen LogP contribution in [-0.2, 0) is 6.42 Å². The molecule has 0 radical (unpaired) electrons. The van der Waals surface area contributed by atoms with E-state index >= 15 is 0 Å². The van der Waals surface area contributed by atoms with Crippen LogP contribution in [0.3, 0.4) is 0 Å². The fraction of sp³-hybridized carbons (Fsp3) is 0.300. The lowest BCUT2D eigenvalue weighted by Crippen LogP contribution is -2.36. The molecule has 2 heteroatoms. The number of nitriles is 1. The molecule has 1 aromatic carbocycles. The maximum absolute atomic E-state index is 8.68. The van der Waals surface area contributed by atoms with Gasteiger partial charge in [-0.2, -0.15) is 5.26 Å². The van der Waals surface area contributed by atoms with E-state index in [9.17, 15) is 0 Å². The van der Waals surface area contributed by atoms with Crippen LogP contribution in [0.5, 0.6) is 0 Å². The third kappa shape index (κ3) is 2.37. The molecule has 62 valence electrons. The Morgan fingerprint density at radius 1 is 1.42 bits per heavy atom. The van der Waals surface area contributed by atoms with Gasteiger partial charge in [0.2, 0.25) is 0 Å². The predicted octanol–water partition coefficient (Wildman–Crippen LogP) is 1.47. The molecule has 2 N–H and O–H groups in total. The normalized spacial score (nSPS) is 14.8. The standard InChI is InChI=1S/C10H12N2/c1-10(12,8-11)7-9-5-3-2-4-6-9/h2-6H,7,12H2,1H3/i8-1. The van der Waals surface area contributed by atoms with Crippen LogP contribution in [0, 0.1) is 11.3 Å². The van der Waals surface area contributed by atoms with Crippen molar-refractivity contribution >= 4 is 0 Å². The highest BCUT2D eigenvalue weighted by Gasteiger charge is 2.16. The average Bonchev–Trinajstić information content (AvgIpc) is 2.06. The van der Waals surface area contributed by atoms with Gasteiger partial charge in [-0.25, -0.2) is 0 Å². The lowest BCUT2D eigenvalue weighted by Gasteiger charge is -2.14. The van der Waals surface area contributed by atoms with Crippen LogP contribution < -0.4 is 5.73 Å². The van der Waals surface area contributed by atoms with E-state index in [-0.39, 0.29) is 0 Å². The van der Waals surface area contributed by atoms with Gasteiger partial charge in [-0.15, -0.1) is 0 Å². The zero-order valence-electron chi connectivity index (χ0n) is 7.12. The molecule has 2 nitrogen and oxygen atoms in total. The Kier molecular flexibility index (Phi) is 2.47. The molecule has 1 atom stereocenters. The van der Waals surface area contributed by atoms with Crippen molar-refractivity contribution in [2.24, 2.45) is 5.73 Å². The molecule has 1 unspecified atom stereocenters. The zero-order chi connectivity index (χ0) is 9.03. The first kappa shape index (κ1) is 8.76. The van der Waals surface area contributed by atoms with Gasteiger partial charge in [-0.3, -0.25) is 0 Å². The van der Waals surface area contributed by atoms with Gasteiger partial charge in [0, 0.05) is 6.42 Å². The summed E-state index contributed by atoms with van der Waals surface area (Å²) in [5.74, 6) is 0. The summed E-state index contributed by atoms with van der Waals surface area (Å²) in [5.41, 5.74) is 6.04. The van der Waals surface area contributed by atoms with Crippen LogP contribution in [0.25, 0.3) is 0 Å². The summed E-state index contributed by atoms with van der Waals surface area (Å²) in [4.78, 5) is 0. The number of hydrogen-bond donors (Lipinski definition) is 1. The van der Waals surface area contributed by atoms with Gasteiger partial charge in [0.15, 0.2) is 0 Å². The zero-order valence-corrected chi connectivity index (χ0v) is 7.12. The third-order valence-corrected chi connectivity index (χ3v) is 1.67. The van der Waals surface area contributed by atoms with Crippen LogP contribution in [-0.4, -0.2) is 5.54 Å². The molecule has 0 aliphatic rings. The van der Waals surface area contributed by atoms with Crippen molar-refractivity contribution in [3.63, 3.8) is 0 Å². The van der Waals surface area contributed by atoms with Crippen molar-refractivity contribution in [2.45, 2.75) is 18.9 Å². The quantitative estimate of drug-likeness (QED) is 0.710. The first-order chi connectivity index (χ1) is 5.64. The van der Waals surface area contributed by atoms with Gasteiger partial charge in [0.1, 0.15) is 5.54 Å². The van der Waals surface area contributed by atoms with Crippen LogP contribution in [0.2, 0.25) is 0 Å². The van der Waals surface area contributed by atoms with E-state index in [2.05, 4.69) is 6.07 Å². The summed E-state index contributed by atoms with van der Waals surface area (Å²) in [6.07, 6.45) is 0.602. The molecule has 0 aromatic heterocycles. The van der Waals surface area contributed by atoms with E-state index in [0.29, 0.717) is 6.42 Å². The number of nitrogens with two attached hydrogens (primary N) is 1. The highest BCUT2D eigenvalue weighted by molar-refractivity contribution is 5.20. The maximum Gasteiger partial charge on any atom is 0.105 e. The van der Waals surface area contributed by atoms with Gasteiger partial charge >= 0.3 is 0 Å². The summed E-state index contributed by atoms with van der Waals surface area (Å²) in [6, 6.07) is 11.9. The lowest BCUT2D eigenvalue weighted by molar-refractivity contribution is 0.596. The van der Waals surface area contributed by atoms with Gasteiger partial charge in [0.05, 0.1) is 6.07 Å². The minimum atomic E-state index is -0.749. The van der Waals surface area contributed by atoms with Gasteiger partial charge in [-0.05, 0) is 12.5 Å². The second-order valence-corrected chi connectivity index (χ2v) is 3.19. The molecule has 0 aliphatic carbocycles. The Bertz CT molecular complexity index is 282. The first-order valence-electron chi connectivity index (χ1n) is 3.88. The number of benzene rings is 1. The Labute approximate surface area is 72.6 Å². The van der Waals surface area contributed by atoms with Crippen molar-refractivity contribution in [3.8, 4) is 6.07 Å². The summed E-state index contributed by atoms with van der Waals surface area (Å²) >= 11 is 0. The summed E-state index contributed by atoms with van der Waals surface area (Å²) in [6.45, 7) is 1.74. The smallest absolute Gasteiger partial charge is 0.105 e. The molecule has 0 saturated carbocycles. The fourth-order valence-electron chi connectivity index (χ4n) is 1.06. The predicted molar refractivity (Wildman–Crippen MR) is 48.4 cm³/mol. The van der Waals surface area contributed by atoms with E-state index in [4.69, 9.17) is 11.0 Å². The molecular formula is C10H12N2. The molecule has 0 heterocycles. The van der Waals surface area contributed by atoms with Crippen molar-refractivity contribution < 1.29 is 0 Å². The van der Waals surface area contributed by atoms with Gasteiger partial charge in [-0.1, -0.05) is 30.3 Å². The Morgan fingerprint density at radius 3 is 2.50 bits per heavy atom. The summed E-state index contributed by atoms with van der Waals surface area (Å²) in [5, 5.41) is 8.68. The molecule has 1 aromatic rings. The summed E-state index contributed by atoms with van der Waals surface area (Å²) in [7, 11) is 0. The van der Waals surface area contributed by atoms with E-state index in [1.165, 1.54) is 0 Å². The number of hydrogen-bond acceptors (Lipinski definition) is 2. The highest BCUT2D eigenvalue weighted by atomic mass is 14.7. The van der Waals surface area contributed by atoms with Crippen LogP contribution >= 0.6 is 0 Å². The van der Waals surface area contributed by atoms with Gasteiger partial charge < -0.3 is 5.73 Å². The largest absolute Gasteiger partial charge is 0.313 e. The van der Waals surface area contributed by atoms with Crippen LogP contribution in [0.15, 0.2) is 30.3 Å². The topological polar surface area (TPSA) is 49.8 Å². The Morgan fingerprint density at radius 2 is 2.00 bits per heavy atom. The first-order valence-corrected chi connectivity index (χ1v) is 3.88. The van der Waals surface area contributed by atoms with E-state index in [1.807, 2.05) is 30.3 Å². The molecule has 0 aliphatic heterocycles. The fourth-order valence-corrected chi connectivity index (χ4v) is 1.06. The van der Waals surface area contributed by atoms with Crippen LogP contribution in [0.4, 0.5) is 0 Å². The average molecular weight is 159 g/mol. The number of rotatable bonds is 2. The highest BCUT2D eigenvalue weighted by Crippen LogP contribution is 2.08. The van der Waals surface area contributed by atoms with E-state index in [0.717, 1.165) is 5.56 Å². The Hall–Kier alpha value is -1.33. The second-order valence-electron chi connectivity index (χ2n) is 3.19. The monoisotopic (exact) mass is 159 g/mol. The minimum Gasteiger partial charge on any atom is -0.313 e. The number of nitrogens with zero attached hydrogens (tertiary/aromatic N) is 1. The van der Waals surface area contributed by atoms with Crippen molar-refractivity contribution in [2.75, 3.05) is 0 Å². The SMILES string of the molecule is CC(N)(Cc1ccccc1)[11C]#N. The van der Waals surface area contributed by atoms with Crippen LogP contribution in [0.1, 0.15) is 12.5 Å². The molecule has 0 spiro atoms. The molecule has 0 bridgehead atoms. The molecule has 12 heavy (non-hydrogen) atoms. The molecular weight excluding hydrogens is 147 g/mol. The second kappa shape index (κ2) is 3.38. The maximum atomic E-state index is 8.68. The molecule has 0 fully saturated rings. The Balaban J connectivity index is 2.72. The van der Waals surface area contributed by atoms with E-state index in [1.54, 1.807) is 6.92 Å².